The van der Waals surface area contributed by atoms with Gasteiger partial charge in [0, 0.05) is 12.0 Å². The van der Waals surface area contributed by atoms with Crippen LogP contribution in [0.2, 0.25) is 0 Å². The molecule has 0 aromatic heterocycles. The molecule has 178 valence electrons. The van der Waals surface area contributed by atoms with Gasteiger partial charge >= 0.3 is 0 Å². The minimum absolute atomic E-state index is 0.340. The van der Waals surface area contributed by atoms with Gasteiger partial charge in [-0.1, -0.05) is 97.1 Å². The third kappa shape index (κ3) is 6.58. The Bertz CT molecular complexity index is 1190. The molecule has 2 unspecified atom stereocenters. The summed E-state index contributed by atoms with van der Waals surface area (Å²) in [5.41, 5.74) is 6.66. The van der Waals surface area contributed by atoms with Crippen LogP contribution in [0.4, 0.5) is 0 Å². The van der Waals surface area contributed by atoms with Crippen LogP contribution in [0, 0.1) is 0 Å². The minimum atomic E-state index is 0.340. The van der Waals surface area contributed by atoms with Gasteiger partial charge in [0.1, 0.15) is 18.0 Å². The van der Waals surface area contributed by atoms with E-state index >= 15 is 0 Å². The summed E-state index contributed by atoms with van der Waals surface area (Å²) in [6, 6.07) is 34.8. The number of phenols is 1. The Balaban J connectivity index is 0.000000234. The number of aromatic hydroxyl groups is 1. The van der Waals surface area contributed by atoms with Gasteiger partial charge in [-0.25, -0.2) is 0 Å². The van der Waals surface area contributed by atoms with Crippen molar-refractivity contribution in [2.45, 2.75) is 18.6 Å². The summed E-state index contributed by atoms with van der Waals surface area (Å²) in [5, 5.41) is 10.7. The second kappa shape index (κ2) is 11.3. The number of benzene rings is 4. The highest BCUT2D eigenvalue weighted by Gasteiger charge is 2.26. The SMILES string of the molecule is C(OCC1CO1)C1CO1.Oc1ccc(-c2ccccc2)c(-c2ccccc2)c1Cc1ccccc1. The number of hydrogen-bond donors (Lipinski definition) is 1. The highest BCUT2D eigenvalue weighted by atomic mass is 16.6. The minimum Gasteiger partial charge on any atom is -0.508 e. The first-order valence-corrected chi connectivity index (χ1v) is 12.1. The number of hydrogen-bond acceptors (Lipinski definition) is 4. The van der Waals surface area contributed by atoms with Crippen molar-refractivity contribution in [2.24, 2.45) is 0 Å². The molecule has 2 fully saturated rings. The topological polar surface area (TPSA) is 54.5 Å². The average Bonchev–Trinajstić information content (AvgIpc) is 3.84. The summed E-state index contributed by atoms with van der Waals surface area (Å²) in [6.45, 7) is 3.26. The predicted octanol–water partition coefficient (Wildman–Crippen LogP) is 6.12. The van der Waals surface area contributed by atoms with Gasteiger partial charge in [0.05, 0.1) is 26.4 Å². The van der Waals surface area contributed by atoms with Crippen LogP contribution in [0.3, 0.4) is 0 Å². The fourth-order valence-corrected chi connectivity index (χ4v) is 4.07. The fraction of sp³-hybridized carbons (Fsp3) is 0.226. The van der Waals surface area contributed by atoms with Crippen molar-refractivity contribution in [2.75, 3.05) is 26.4 Å². The highest BCUT2D eigenvalue weighted by molar-refractivity contribution is 5.87. The van der Waals surface area contributed by atoms with Crippen LogP contribution in [0.15, 0.2) is 103 Å². The Morgan fingerprint density at radius 3 is 1.71 bits per heavy atom. The molecule has 0 aliphatic carbocycles. The fourth-order valence-electron chi connectivity index (χ4n) is 4.07. The zero-order chi connectivity index (χ0) is 23.9. The molecule has 35 heavy (non-hydrogen) atoms. The third-order valence-electron chi connectivity index (χ3n) is 6.07. The normalized spacial score (nSPS) is 17.8. The summed E-state index contributed by atoms with van der Waals surface area (Å²) in [4.78, 5) is 0. The summed E-state index contributed by atoms with van der Waals surface area (Å²) in [5.74, 6) is 0.340. The molecule has 2 aliphatic heterocycles. The van der Waals surface area contributed by atoms with Crippen molar-refractivity contribution in [3.63, 3.8) is 0 Å². The Labute approximate surface area is 206 Å². The summed E-state index contributed by atoms with van der Waals surface area (Å²) in [7, 11) is 0. The third-order valence-corrected chi connectivity index (χ3v) is 6.07. The van der Waals surface area contributed by atoms with Gasteiger partial charge in [0.2, 0.25) is 0 Å². The van der Waals surface area contributed by atoms with Crippen molar-refractivity contribution in [1.82, 2.24) is 0 Å². The van der Waals surface area contributed by atoms with E-state index in [1.54, 1.807) is 0 Å². The quantitative estimate of drug-likeness (QED) is 0.318. The summed E-state index contributed by atoms with van der Waals surface area (Å²) < 4.78 is 15.1. The van der Waals surface area contributed by atoms with E-state index < -0.39 is 0 Å². The van der Waals surface area contributed by atoms with Crippen molar-refractivity contribution in [3.8, 4) is 28.0 Å². The Hall–Kier alpha value is -3.44. The number of rotatable bonds is 8. The van der Waals surface area contributed by atoms with Crippen LogP contribution >= 0.6 is 0 Å². The van der Waals surface area contributed by atoms with E-state index in [0.29, 0.717) is 24.4 Å². The van der Waals surface area contributed by atoms with Crippen LogP contribution < -0.4 is 0 Å². The lowest BCUT2D eigenvalue weighted by molar-refractivity contribution is 0.102. The lowest BCUT2D eigenvalue weighted by Crippen LogP contribution is -2.06. The van der Waals surface area contributed by atoms with E-state index in [1.807, 2.05) is 66.7 Å². The molecule has 2 aliphatic rings. The largest absolute Gasteiger partial charge is 0.508 e. The van der Waals surface area contributed by atoms with E-state index in [1.165, 1.54) is 5.56 Å². The average molecular weight is 467 g/mol. The van der Waals surface area contributed by atoms with Gasteiger partial charge in [0.15, 0.2) is 0 Å². The van der Waals surface area contributed by atoms with Crippen LogP contribution in [-0.4, -0.2) is 43.7 Å². The molecule has 4 heteroatoms. The zero-order valence-electron chi connectivity index (χ0n) is 19.7. The Kier molecular flexibility index (Phi) is 7.54. The van der Waals surface area contributed by atoms with Crippen LogP contribution in [-0.2, 0) is 20.6 Å². The molecule has 0 bridgehead atoms. The van der Waals surface area contributed by atoms with Gasteiger partial charge in [-0.2, -0.15) is 0 Å². The van der Waals surface area contributed by atoms with E-state index in [0.717, 1.165) is 54.2 Å². The highest BCUT2D eigenvalue weighted by Crippen LogP contribution is 2.40. The van der Waals surface area contributed by atoms with Gasteiger partial charge < -0.3 is 19.3 Å². The molecular weight excluding hydrogens is 436 g/mol. The summed E-state index contributed by atoms with van der Waals surface area (Å²) >= 11 is 0. The van der Waals surface area contributed by atoms with E-state index in [2.05, 4.69) is 36.4 Å². The van der Waals surface area contributed by atoms with Gasteiger partial charge in [-0.05, 0) is 33.9 Å². The maximum Gasteiger partial charge on any atom is 0.119 e. The van der Waals surface area contributed by atoms with Crippen LogP contribution in [0.25, 0.3) is 22.3 Å². The molecule has 2 heterocycles. The number of epoxide rings is 2. The van der Waals surface area contributed by atoms with Crippen molar-refractivity contribution < 1.29 is 19.3 Å². The molecule has 0 saturated carbocycles. The Morgan fingerprint density at radius 2 is 1.17 bits per heavy atom. The molecule has 0 spiro atoms. The second-order valence-corrected chi connectivity index (χ2v) is 8.83. The van der Waals surface area contributed by atoms with Crippen molar-refractivity contribution in [3.05, 3.63) is 114 Å². The molecule has 4 aromatic rings. The van der Waals surface area contributed by atoms with E-state index in [4.69, 9.17) is 14.2 Å². The predicted molar refractivity (Wildman–Crippen MR) is 139 cm³/mol. The molecule has 2 saturated heterocycles. The lowest BCUT2D eigenvalue weighted by Gasteiger charge is -2.17. The van der Waals surface area contributed by atoms with E-state index in [9.17, 15) is 5.11 Å². The van der Waals surface area contributed by atoms with E-state index in [-0.39, 0.29) is 0 Å². The van der Waals surface area contributed by atoms with Crippen molar-refractivity contribution >= 4 is 0 Å². The smallest absolute Gasteiger partial charge is 0.119 e. The number of ether oxygens (including phenoxy) is 3. The lowest BCUT2D eigenvalue weighted by atomic mass is 9.87. The molecule has 4 nitrogen and oxygen atoms in total. The molecule has 4 aromatic carbocycles. The monoisotopic (exact) mass is 466 g/mol. The Morgan fingerprint density at radius 1 is 0.657 bits per heavy atom. The van der Waals surface area contributed by atoms with Gasteiger partial charge in [-0.3, -0.25) is 0 Å². The van der Waals surface area contributed by atoms with Gasteiger partial charge in [0.25, 0.3) is 0 Å². The van der Waals surface area contributed by atoms with Crippen LogP contribution in [0.5, 0.6) is 5.75 Å². The maximum atomic E-state index is 10.7. The van der Waals surface area contributed by atoms with Crippen LogP contribution in [0.1, 0.15) is 11.1 Å². The first-order valence-electron chi connectivity index (χ1n) is 12.1. The standard InChI is InChI=1S/C25H20O.C6H10O3/c26-24-17-16-22(20-12-6-2-7-13-20)25(21-14-8-3-9-15-21)23(24)18-19-10-4-1-5-11-19;1(5-3-8-5)7-2-6-4-9-6/h1-17,26H,18H2;5-6H,1-4H2. The molecule has 1 N–H and O–H groups in total. The first-order chi connectivity index (χ1) is 17.3. The van der Waals surface area contributed by atoms with Crippen molar-refractivity contribution in [1.29, 1.82) is 0 Å². The molecule has 0 radical (unpaired) electrons. The first kappa shape index (κ1) is 23.3. The second-order valence-electron chi connectivity index (χ2n) is 8.83. The maximum absolute atomic E-state index is 10.7. The molecule has 0 amide bonds. The molecule has 6 rings (SSSR count). The molecular formula is C31H30O4. The molecule has 2 atom stereocenters. The zero-order valence-corrected chi connectivity index (χ0v) is 19.7. The van der Waals surface area contributed by atoms with Gasteiger partial charge in [-0.15, -0.1) is 0 Å². The summed E-state index contributed by atoms with van der Waals surface area (Å²) in [6.07, 6.45) is 1.48. The number of phenolic OH excluding ortho intramolecular Hbond substituents is 1.